The highest BCUT2D eigenvalue weighted by molar-refractivity contribution is 5.82. The summed E-state index contributed by atoms with van der Waals surface area (Å²) in [7, 11) is 3.00. The summed E-state index contributed by atoms with van der Waals surface area (Å²) in [5, 5.41) is 4.19. The first kappa shape index (κ1) is 26.7. The number of fused-ring (bicyclic) bond motifs is 2. The van der Waals surface area contributed by atoms with E-state index in [-0.39, 0.29) is 29.7 Å². The largest absolute Gasteiger partial charge is 0.492 e. The second-order valence-corrected chi connectivity index (χ2v) is 10.8. The number of carbonyl (C=O) groups excluding carboxylic acids is 1. The number of esters is 1. The predicted octanol–water partition coefficient (Wildman–Crippen LogP) is 5.98. The Morgan fingerprint density at radius 3 is 2.71 bits per heavy atom. The van der Waals surface area contributed by atoms with Gasteiger partial charge < -0.3 is 14.2 Å². The van der Waals surface area contributed by atoms with Gasteiger partial charge in [0.2, 0.25) is 0 Å². The number of rotatable bonds is 6. The smallest absolute Gasteiger partial charge is 0.306 e. The summed E-state index contributed by atoms with van der Waals surface area (Å²) < 4.78 is 33.7. The van der Waals surface area contributed by atoms with E-state index < -0.39 is 6.10 Å². The number of ether oxygens (including phenoxy) is 3. The van der Waals surface area contributed by atoms with E-state index in [1.54, 1.807) is 19.3 Å². The lowest BCUT2D eigenvalue weighted by atomic mass is 9.87. The molecule has 0 fully saturated rings. The Morgan fingerprint density at radius 2 is 1.93 bits per heavy atom. The van der Waals surface area contributed by atoms with Crippen molar-refractivity contribution in [3.05, 3.63) is 98.7 Å². The molecule has 0 amide bonds. The molecule has 0 spiro atoms. The first-order valence-corrected chi connectivity index (χ1v) is 13.7. The Kier molecular flexibility index (Phi) is 6.85. The molecule has 8 heteroatoms. The zero-order chi connectivity index (χ0) is 28.8. The van der Waals surface area contributed by atoms with Crippen molar-refractivity contribution in [3.8, 4) is 33.8 Å². The highest BCUT2D eigenvalue weighted by Crippen LogP contribution is 2.45. The molecule has 0 saturated heterocycles. The van der Waals surface area contributed by atoms with Gasteiger partial charge in [-0.2, -0.15) is 5.10 Å². The van der Waals surface area contributed by atoms with E-state index >= 15 is 4.39 Å². The van der Waals surface area contributed by atoms with Gasteiger partial charge in [-0.15, -0.1) is 0 Å². The summed E-state index contributed by atoms with van der Waals surface area (Å²) >= 11 is 0. The third-order valence-electron chi connectivity index (χ3n) is 8.29. The van der Waals surface area contributed by atoms with Crippen LogP contribution in [0.25, 0.3) is 22.3 Å². The van der Waals surface area contributed by atoms with E-state index in [0.29, 0.717) is 36.5 Å². The molecule has 2 aliphatic rings. The third-order valence-corrected chi connectivity index (χ3v) is 8.29. The van der Waals surface area contributed by atoms with Crippen molar-refractivity contribution in [1.29, 1.82) is 0 Å². The van der Waals surface area contributed by atoms with E-state index in [1.165, 1.54) is 17.9 Å². The van der Waals surface area contributed by atoms with E-state index in [2.05, 4.69) is 5.10 Å². The number of hydrogen-bond acceptors (Lipinski definition) is 6. The molecule has 1 aliphatic heterocycles. The van der Waals surface area contributed by atoms with E-state index in [4.69, 9.17) is 14.2 Å². The first-order chi connectivity index (χ1) is 19.7. The highest BCUT2D eigenvalue weighted by Gasteiger charge is 2.32. The summed E-state index contributed by atoms with van der Waals surface area (Å²) in [6.45, 7) is 4.49. The Balaban J connectivity index is 1.33. The fourth-order valence-electron chi connectivity index (χ4n) is 6.16. The van der Waals surface area contributed by atoms with Gasteiger partial charge in [0.25, 0.3) is 5.56 Å². The van der Waals surface area contributed by atoms with E-state index in [1.807, 2.05) is 50.2 Å². The molecule has 2 heterocycles. The van der Waals surface area contributed by atoms with Crippen LogP contribution >= 0.6 is 0 Å². The maximum absolute atomic E-state index is 15.4. The number of hydrogen-bond donors (Lipinski definition) is 0. The molecule has 0 unspecified atom stereocenters. The number of methoxy groups -OCH3 is 1. The van der Waals surface area contributed by atoms with Crippen molar-refractivity contribution in [2.24, 2.45) is 7.05 Å². The van der Waals surface area contributed by atoms with Crippen LogP contribution in [-0.4, -0.2) is 29.5 Å². The van der Waals surface area contributed by atoms with Gasteiger partial charge in [-0.3, -0.25) is 9.59 Å². The van der Waals surface area contributed by atoms with Crippen LogP contribution < -0.4 is 15.0 Å². The molecule has 2 atom stereocenters. The van der Waals surface area contributed by atoms with Crippen molar-refractivity contribution in [1.82, 2.24) is 9.78 Å². The maximum atomic E-state index is 15.4. The average Bonchev–Trinajstić information content (AvgIpc) is 3.56. The predicted molar refractivity (Wildman–Crippen MR) is 153 cm³/mol. The molecule has 1 aliphatic carbocycles. The lowest BCUT2D eigenvalue weighted by molar-refractivity contribution is -0.141. The number of halogens is 1. The minimum atomic E-state index is -0.444. The fraction of sp³-hybridized carbons (Fsp3) is 0.303. The Bertz CT molecular complexity index is 1740. The van der Waals surface area contributed by atoms with Crippen LogP contribution in [0.2, 0.25) is 0 Å². The van der Waals surface area contributed by atoms with Gasteiger partial charge in [0, 0.05) is 41.8 Å². The highest BCUT2D eigenvalue weighted by atomic mass is 19.1. The SMILES string of the molecule is COC(=O)C[C@@H]1COc2cc(O[C@@H]3CCc4c(-c5c(C)ccc(-c6cnn(C)c(=O)c6)c5C)ccc(F)c43)ccc21. The zero-order valence-corrected chi connectivity index (χ0v) is 23.5. The van der Waals surface area contributed by atoms with Gasteiger partial charge in [-0.1, -0.05) is 24.3 Å². The lowest BCUT2D eigenvalue weighted by Crippen LogP contribution is -2.18. The molecular formula is C33H31FN2O5. The summed E-state index contributed by atoms with van der Waals surface area (Å²) in [5.74, 6) is 0.649. The fourth-order valence-corrected chi connectivity index (χ4v) is 6.16. The van der Waals surface area contributed by atoms with Crippen LogP contribution in [0.5, 0.6) is 11.5 Å². The average molecular weight is 555 g/mol. The van der Waals surface area contributed by atoms with Crippen molar-refractivity contribution >= 4 is 5.97 Å². The van der Waals surface area contributed by atoms with Gasteiger partial charge in [-0.25, -0.2) is 9.07 Å². The minimum Gasteiger partial charge on any atom is -0.492 e. The van der Waals surface area contributed by atoms with Gasteiger partial charge in [0.1, 0.15) is 23.4 Å². The van der Waals surface area contributed by atoms with Crippen LogP contribution in [-0.2, 0) is 23.0 Å². The molecule has 210 valence electrons. The van der Waals surface area contributed by atoms with Crippen molar-refractivity contribution in [2.45, 2.75) is 45.1 Å². The minimum absolute atomic E-state index is 0.0596. The summed E-state index contributed by atoms with van der Waals surface area (Å²) in [4.78, 5) is 24.0. The number of carbonyl (C=O) groups is 1. The second kappa shape index (κ2) is 10.5. The van der Waals surface area contributed by atoms with Gasteiger partial charge in [-0.05, 0) is 72.2 Å². The van der Waals surface area contributed by atoms with Crippen LogP contribution in [0.15, 0.2) is 59.5 Å². The van der Waals surface area contributed by atoms with Crippen LogP contribution in [0.1, 0.15) is 52.7 Å². The van der Waals surface area contributed by atoms with Crippen LogP contribution in [0.4, 0.5) is 4.39 Å². The van der Waals surface area contributed by atoms with Gasteiger partial charge in [0.05, 0.1) is 26.3 Å². The van der Waals surface area contributed by atoms with E-state index in [9.17, 15) is 9.59 Å². The molecule has 0 N–H and O–H groups in total. The number of nitrogens with zero attached hydrogens (tertiary/aromatic N) is 2. The molecule has 41 heavy (non-hydrogen) atoms. The first-order valence-electron chi connectivity index (χ1n) is 13.7. The van der Waals surface area contributed by atoms with Gasteiger partial charge >= 0.3 is 5.97 Å². The molecule has 7 nitrogen and oxygen atoms in total. The maximum Gasteiger partial charge on any atom is 0.306 e. The molecular weight excluding hydrogens is 523 g/mol. The normalized spacial score (nSPS) is 17.1. The molecule has 0 radical (unpaired) electrons. The van der Waals surface area contributed by atoms with Crippen LogP contribution in [0.3, 0.4) is 0 Å². The summed E-state index contributed by atoms with van der Waals surface area (Å²) in [5.41, 5.74) is 8.04. The van der Waals surface area contributed by atoms with Crippen molar-refractivity contribution in [3.63, 3.8) is 0 Å². The monoisotopic (exact) mass is 554 g/mol. The van der Waals surface area contributed by atoms with Crippen molar-refractivity contribution in [2.75, 3.05) is 13.7 Å². The molecule has 4 aromatic rings. The molecule has 1 aromatic heterocycles. The Labute approximate surface area is 237 Å². The number of aromatic nitrogens is 2. The Morgan fingerprint density at radius 1 is 1.12 bits per heavy atom. The second-order valence-electron chi connectivity index (χ2n) is 10.8. The van der Waals surface area contributed by atoms with E-state index in [0.717, 1.165) is 44.5 Å². The summed E-state index contributed by atoms with van der Waals surface area (Å²) in [6, 6.07) is 14.6. The molecule has 0 saturated carbocycles. The number of aryl methyl sites for hydroxylation is 2. The topological polar surface area (TPSA) is 79.7 Å². The molecule has 3 aromatic carbocycles. The molecule has 6 rings (SSSR count). The zero-order valence-electron chi connectivity index (χ0n) is 23.5. The van der Waals surface area contributed by atoms with Gasteiger partial charge in [0.15, 0.2) is 0 Å². The number of benzene rings is 3. The van der Waals surface area contributed by atoms with Crippen molar-refractivity contribution < 1.29 is 23.4 Å². The standard InChI is InChI=1S/C33H31FN2O5/c1-18-5-7-23(20-13-30(37)36(3)35-16-20)19(2)32(18)25-9-11-27(34)33-26(25)10-12-28(33)41-22-6-8-24-21(14-31(38)39-4)17-40-29(24)15-22/h5-9,11,13,15-16,21,28H,10,12,14,17H2,1-4H3/t21-,28-/m1/s1. The lowest BCUT2D eigenvalue weighted by Gasteiger charge is -2.20. The third kappa shape index (κ3) is 4.77. The molecule has 0 bridgehead atoms. The summed E-state index contributed by atoms with van der Waals surface area (Å²) in [6.07, 6.45) is 2.82. The van der Waals surface area contributed by atoms with Crippen LogP contribution in [0, 0.1) is 19.7 Å². The quantitative estimate of drug-likeness (QED) is 0.273. The Hall–Kier alpha value is -4.46.